The molecule has 59 heavy (non-hydrogen) atoms. The molecule has 0 aliphatic carbocycles. The van der Waals surface area contributed by atoms with E-state index in [9.17, 15) is 0 Å². The lowest BCUT2D eigenvalue weighted by Crippen LogP contribution is -2.47. The SMILES string of the molecule is O=P1(c2ccccc2)c2ccccc2C2(c3ccccc3Oc3cc(-c4cc(-c5cccnc5)cc(-c5cccnc5)n4)ccc32)c2cc3c(cc21)oc1ccccc13. The van der Waals surface area contributed by atoms with Crippen molar-refractivity contribution < 1.29 is 13.7 Å². The van der Waals surface area contributed by atoms with Gasteiger partial charge in [-0.25, -0.2) is 4.98 Å². The molecule has 2 aliphatic heterocycles. The average molecular weight is 778 g/mol. The third kappa shape index (κ3) is 4.87. The minimum Gasteiger partial charge on any atom is -0.457 e. The Morgan fingerprint density at radius 3 is 1.97 bits per heavy atom. The fourth-order valence-corrected chi connectivity index (χ4v) is 12.6. The van der Waals surface area contributed by atoms with Crippen molar-refractivity contribution in [3.63, 3.8) is 0 Å². The first-order chi connectivity index (χ1) is 29.1. The van der Waals surface area contributed by atoms with Gasteiger partial charge in [0, 0.05) is 79.3 Å². The Kier molecular flexibility index (Phi) is 7.32. The highest BCUT2D eigenvalue weighted by atomic mass is 31.2. The number of rotatable bonds is 4. The summed E-state index contributed by atoms with van der Waals surface area (Å²) in [5, 5.41) is 4.31. The minimum atomic E-state index is -3.46. The van der Waals surface area contributed by atoms with Crippen molar-refractivity contribution in [2.24, 2.45) is 0 Å². The third-order valence-electron chi connectivity index (χ3n) is 12.0. The first kappa shape index (κ1) is 33.7. The quantitative estimate of drug-likeness (QED) is 0.166. The van der Waals surface area contributed by atoms with Gasteiger partial charge in [0.2, 0.25) is 0 Å². The number of ether oxygens (including phenoxy) is 1. The van der Waals surface area contributed by atoms with Gasteiger partial charge >= 0.3 is 0 Å². The normalized spacial score (nSPS) is 17.5. The summed E-state index contributed by atoms with van der Waals surface area (Å²) in [4.78, 5) is 14.0. The zero-order valence-corrected chi connectivity index (χ0v) is 32.4. The summed E-state index contributed by atoms with van der Waals surface area (Å²) in [6, 6.07) is 57.4. The van der Waals surface area contributed by atoms with E-state index >= 15 is 4.57 Å². The van der Waals surface area contributed by atoms with Crippen molar-refractivity contribution in [1.82, 2.24) is 15.0 Å². The lowest BCUT2D eigenvalue weighted by Gasteiger charge is -2.47. The van der Waals surface area contributed by atoms with Crippen LogP contribution in [-0.4, -0.2) is 15.0 Å². The molecule has 2 atom stereocenters. The van der Waals surface area contributed by atoms with Gasteiger partial charge in [-0.15, -0.1) is 0 Å². The second-order valence-corrected chi connectivity index (χ2v) is 17.8. The highest BCUT2D eigenvalue weighted by Crippen LogP contribution is 2.62. The number of nitrogens with zero attached hydrogens (tertiary/aromatic N) is 3. The number of fused-ring (bicyclic) bond motifs is 11. The van der Waals surface area contributed by atoms with Gasteiger partial charge in [-0.1, -0.05) is 109 Å². The van der Waals surface area contributed by atoms with Crippen LogP contribution < -0.4 is 20.7 Å². The van der Waals surface area contributed by atoms with Gasteiger partial charge < -0.3 is 13.7 Å². The van der Waals surface area contributed by atoms with Crippen LogP contribution in [0, 0.1) is 0 Å². The lowest BCUT2D eigenvalue weighted by atomic mass is 9.63. The molecule has 278 valence electrons. The van der Waals surface area contributed by atoms with Gasteiger partial charge in [-0.2, -0.15) is 0 Å². The third-order valence-corrected chi connectivity index (χ3v) is 15.1. The summed E-state index contributed by atoms with van der Waals surface area (Å²) in [7, 11) is -3.46. The van der Waals surface area contributed by atoms with Crippen molar-refractivity contribution >= 4 is 45.0 Å². The molecule has 0 saturated carbocycles. The van der Waals surface area contributed by atoms with Crippen molar-refractivity contribution in [2.45, 2.75) is 5.41 Å². The predicted molar refractivity (Wildman–Crippen MR) is 235 cm³/mol. The highest BCUT2D eigenvalue weighted by molar-refractivity contribution is 7.85. The average Bonchev–Trinajstić information content (AvgIpc) is 3.68. The van der Waals surface area contributed by atoms with Crippen LogP contribution in [-0.2, 0) is 9.98 Å². The van der Waals surface area contributed by atoms with E-state index in [1.54, 1.807) is 12.4 Å². The van der Waals surface area contributed by atoms with E-state index in [-0.39, 0.29) is 0 Å². The van der Waals surface area contributed by atoms with Crippen LogP contribution in [0.15, 0.2) is 199 Å². The largest absolute Gasteiger partial charge is 0.457 e. The maximum absolute atomic E-state index is 16.4. The molecule has 2 unspecified atom stereocenters. The minimum absolute atomic E-state index is 0.701. The van der Waals surface area contributed by atoms with Gasteiger partial charge in [-0.3, -0.25) is 9.97 Å². The molecule has 7 heteroatoms. The standard InChI is InChI=1S/C52H32N3O3P/c56-59(37-14-2-1-3-15-37)50-21-9-6-18-42(50)52(43-29-39-38-16-4-7-19-46(38)57-48(39)30-51(43)59)40-17-5-8-20-47(40)58-49-28-33(22-23-41(49)52)44-26-36(34-12-10-24-53-31-34)27-45(55-44)35-13-11-25-54-32-35/h1-32H. The number of hydrogen-bond donors (Lipinski definition) is 0. The van der Waals surface area contributed by atoms with Crippen LogP contribution in [0.2, 0.25) is 0 Å². The summed E-state index contributed by atoms with van der Waals surface area (Å²) in [5.74, 6) is 1.44. The van der Waals surface area contributed by atoms with Gasteiger partial charge in [-0.05, 0) is 77.4 Å². The zero-order valence-electron chi connectivity index (χ0n) is 31.5. The van der Waals surface area contributed by atoms with Crippen LogP contribution in [0.5, 0.6) is 11.5 Å². The molecule has 1 spiro atoms. The van der Waals surface area contributed by atoms with Crippen LogP contribution in [0.1, 0.15) is 22.3 Å². The molecule has 6 aromatic carbocycles. The smallest absolute Gasteiger partial charge is 0.171 e. The van der Waals surface area contributed by atoms with E-state index in [0.29, 0.717) is 11.3 Å². The second kappa shape index (κ2) is 12.8. The predicted octanol–water partition coefficient (Wildman–Crippen LogP) is 11.2. The lowest BCUT2D eigenvalue weighted by molar-refractivity contribution is 0.435. The Hall–Kier alpha value is -7.40. The summed E-state index contributed by atoms with van der Waals surface area (Å²) >= 11 is 0. The highest BCUT2D eigenvalue weighted by Gasteiger charge is 2.55. The van der Waals surface area contributed by atoms with E-state index in [0.717, 1.165) is 93.9 Å². The Bertz CT molecular complexity index is 3290. The van der Waals surface area contributed by atoms with Crippen LogP contribution in [0.25, 0.3) is 55.6 Å². The van der Waals surface area contributed by atoms with E-state index in [2.05, 4.69) is 94.9 Å². The maximum atomic E-state index is 16.4. The van der Waals surface area contributed by atoms with Crippen LogP contribution >= 0.6 is 7.14 Å². The van der Waals surface area contributed by atoms with Gasteiger partial charge in [0.05, 0.1) is 16.8 Å². The molecular formula is C52H32N3O3P. The molecule has 10 aromatic rings. The molecule has 2 aliphatic rings. The Balaban J connectivity index is 1.17. The van der Waals surface area contributed by atoms with Crippen molar-refractivity contribution in [3.05, 3.63) is 217 Å². The molecule has 0 amide bonds. The fourth-order valence-electron chi connectivity index (χ4n) is 9.40. The van der Waals surface area contributed by atoms with Crippen LogP contribution in [0.4, 0.5) is 0 Å². The van der Waals surface area contributed by atoms with Crippen molar-refractivity contribution in [3.8, 4) is 45.1 Å². The number of furan rings is 1. The second-order valence-electron chi connectivity index (χ2n) is 15.1. The Morgan fingerprint density at radius 2 is 1.15 bits per heavy atom. The number of benzene rings is 6. The Labute approximate surface area is 339 Å². The fraction of sp³-hybridized carbons (Fsp3) is 0.0192. The summed E-state index contributed by atoms with van der Waals surface area (Å²) < 4.78 is 29.9. The van der Waals surface area contributed by atoms with Gasteiger partial charge in [0.1, 0.15) is 22.7 Å². The number of pyridine rings is 3. The molecule has 6 heterocycles. The molecule has 4 aromatic heterocycles. The van der Waals surface area contributed by atoms with Gasteiger partial charge in [0.15, 0.2) is 7.14 Å². The summed E-state index contributed by atoms with van der Waals surface area (Å²) in [5.41, 5.74) is 9.81. The van der Waals surface area contributed by atoms with Crippen molar-refractivity contribution in [2.75, 3.05) is 0 Å². The molecule has 6 nitrogen and oxygen atoms in total. The van der Waals surface area contributed by atoms with E-state index in [1.807, 2.05) is 97.3 Å². The molecule has 0 radical (unpaired) electrons. The van der Waals surface area contributed by atoms with E-state index < -0.39 is 12.6 Å². The molecule has 0 N–H and O–H groups in total. The Morgan fingerprint density at radius 1 is 0.458 bits per heavy atom. The number of aromatic nitrogens is 3. The van der Waals surface area contributed by atoms with Gasteiger partial charge in [0.25, 0.3) is 0 Å². The number of para-hydroxylation sites is 2. The number of hydrogen-bond acceptors (Lipinski definition) is 6. The zero-order chi connectivity index (χ0) is 39.1. The van der Waals surface area contributed by atoms with E-state index in [1.165, 1.54) is 0 Å². The first-order valence-corrected chi connectivity index (χ1v) is 21.3. The monoisotopic (exact) mass is 777 g/mol. The molecule has 12 rings (SSSR count). The van der Waals surface area contributed by atoms with Crippen LogP contribution in [0.3, 0.4) is 0 Å². The molecular weight excluding hydrogens is 746 g/mol. The summed E-state index contributed by atoms with van der Waals surface area (Å²) in [6.45, 7) is 0. The molecule has 0 saturated heterocycles. The maximum Gasteiger partial charge on any atom is 0.171 e. The van der Waals surface area contributed by atoms with Crippen molar-refractivity contribution in [1.29, 1.82) is 0 Å². The molecule has 0 bridgehead atoms. The topological polar surface area (TPSA) is 78.1 Å². The first-order valence-electron chi connectivity index (χ1n) is 19.6. The molecule has 0 fully saturated rings. The summed E-state index contributed by atoms with van der Waals surface area (Å²) in [6.07, 6.45) is 7.25. The van der Waals surface area contributed by atoms with E-state index in [4.69, 9.17) is 14.1 Å².